The fourth-order valence-corrected chi connectivity index (χ4v) is 10.9. The van der Waals surface area contributed by atoms with Gasteiger partial charge in [0.05, 0.1) is 5.41 Å². The molecule has 9 atom stereocenters. The maximum absolute atomic E-state index is 12.7. The molecule has 4 saturated carbocycles. The fourth-order valence-electron chi connectivity index (χ4n) is 10.9. The number of amides is 1. The largest absolute Gasteiger partial charge is 0.478 e. The summed E-state index contributed by atoms with van der Waals surface area (Å²) in [5.74, 6) is 2.77. The van der Waals surface area contributed by atoms with Crippen molar-refractivity contribution in [3.63, 3.8) is 0 Å². The Labute approximate surface area is 270 Å². The third-order valence-corrected chi connectivity index (χ3v) is 12.4. The van der Waals surface area contributed by atoms with Crippen molar-refractivity contribution in [1.82, 2.24) is 0 Å². The first kappa shape index (κ1) is 37.8. The van der Waals surface area contributed by atoms with Crippen LogP contribution in [0, 0.1) is 51.8 Å². The van der Waals surface area contributed by atoms with E-state index in [2.05, 4.69) is 45.6 Å². The van der Waals surface area contributed by atoms with E-state index >= 15 is 0 Å². The Hall–Kier alpha value is -2.36. The predicted octanol–water partition coefficient (Wildman–Crippen LogP) is 10.5. The van der Waals surface area contributed by atoms with E-state index in [4.69, 9.17) is 10.8 Å². The van der Waals surface area contributed by atoms with Gasteiger partial charge in [-0.25, -0.2) is 4.79 Å². The summed E-state index contributed by atoms with van der Waals surface area (Å²) in [5.41, 5.74) is 9.00. The van der Waals surface area contributed by atoms with Crippen LogP contribution in [0.3, 0.4) is 0 Å². The second-order valence-electron chi connectivity index (χ2n) is 14.0. The normalized spacial score (nSPS) is 38.9. The molecule has 4 nitrogen and oxygen atoms in total. The first-order valence-electron chi connectivity index (χ1n) is 17.8. The number of primary amides is 1. The number of aliphatic carboxylic acids is 1. The Morgan fingerprint density at radius 3 is 2.14 bits per heavy atom. The summed E-state index contributed by atoms with van der Waals surface area (Å²) >= 11 is 0. The predicted molar refractivity (Wildman–Crippen MR) is 187 cm³/mol. The van der Waals surface area contributed by atoms with E-state index in [1.54, 1.807) is 12.2 Å². The van der Waals surface area contributed by atoms with Gasteiger partial charge in [-0.05, 0) is 129 Å². The number of carbonyl (C=O) groups excluding carboxylic acids is 1. The van der Waals surface area contributed by atoms with Crippen molar-refractivity contribution in [2.24, 2.45) is 57.5 Å². The number of carboxylic acids is 1. The molecule has 0 heterocycles. The number of hydrogen-bond acceptors (Lipinski definition) is 2. The van der Waals surface area contributed by atoms with Crippen molar-refractivity contribution < 1.29 is 14.7 Å². The Balaban J connectivity index is 0.000000893. The standard InChI is InChI=1S/C33H47NO3.C3H6.2C2H6/c1-5-8-22(9-6-11-29(35)36)23-14-18-31(3)25(21(23)2)15-19-32(4)26-16-20-33(30(34)37)17-7-10-27(33)24(26)12-13-28(31)32;1-3-2;2*1-2/h5-6,8-9,11,14,21,24-28H,7,10,12-13,15-20H2,1-4H3,(H2,34,37)(H,35,36);3H,1H2,2H3;2*1-2H3/b8-5-,11-6+,22-9+;;;. The molecule has 0 aromatic carbocycles. The van der Waals surface area contributed by atoms with Crippen LogP contribution in [0.15, 0.2) is 60.3 Å². The molecule has 1 amide bonds. The molecule has 0 aromatic heterocycles. The van der Waals surface area contributed by atoms with Crippen molar-refractivity contribution >= 4 is 11.9 Å². The molecule has 0 aliphatic heterocycles. The summed E-state index contributed by atoms with van der Waals surface area (Å²) < 4.78 is 0. The number of rotatable bonds is 5. The molecular formula is C40H65NO3. The maximum atomic E-state index is 12.7. The van der Waals surface area contributed by atoms with Crippen LogP contribution < -0.4 is 5.73 Å². The van der Waals surface area contributed by atoms with Gasteiger partial charge in [0, 0.05) is 6.08 Å². The van der Waals surface area contributed by atoms with Gasteiger partial charge >= 0.3 is 5.97 Å². The van der Waals surface area contributed by atoms with Crippen molar-refractivity contribution in [2.75, 3.05) is 0 Å². The third-order valence-electron chi connectivity index (χ3n) is 12.4. The van der Waals surface area contributed by atoms with Gasteiger partial charge in [-0.15, -0.1) is 6.58 Å². The quantitative estimate of drug-likeness (QED) is 0.185. The fraction of sp³-hybridized carbons (Fsp3) is 0.700. The van der Waals surface area contributed by atoms with Crippen LogP contribution in [0.25, 0.3) is 0 Å². The summed E-state index contributed by atoms with van der Waals surface area (Å²) in [5, 5.41) is 9.04. The Kier molecular flexibility index (Phi) is 14.0. The van der Waals surface area contributed by atoms with Crippen molar-refractivity contribution in [1.29, 1.82) is 0 Å². The highest BCUT2D eigenvalue weighted by molar-refractivity contribution is 5.82. The van der Waals surface area contributed by atoms with Crippen molar-refractivity contribution in [3.8, 4) is 0 Å². The topological polar surface area (TPSA) is 80.4 Å². The van der Waals surface area contributed by atoms with Gasteiger partial charge in [-0.3, -0.25) is 4.79 Å². The minimum Gasteiger partial charge on any atom is -0.478 e. The van der Waals surface area contributed by atoms with E-state index in [1.807, 2.05) is 47.6 Å². The molecule has 4 fully saturated rings. The summed E-state index contributed by atoms with van der Waals surface area (Å²) in [4.78, 5) is 23.7. The molecule has 5 aliphatic carbocycles. The molecule has 9 unspecified atom stereocenters. The van der Waals surface area contributed by atoms with Gasteiger partial charge in [0.2, 0.25) is 5.91 Å². The second kappa shape index (κ2) is 16.3. The summed E-state index contributed by atoms with van der Waals surface area (Å²) in [6.07, 6.45) is 25.0. The van der Waals surface area contributed by atoms with Crippen LogP contribution in [0.1, 0.15) is 127 Å². The third kappa shape index (κ3) is 6.90. The van der Waals surface area contributed by atoms with E-state index in [0.29, 0.717) is 35.0 Å². The molecule has 44 heavy (non-hydrogen) atoms. The average Bonchev–Trinajstić information content (AvgIpc) is 3.45. The van der Waals surface area contributed by atoms with Crippen LogP contribution in [-0.2, 0) is 9.59 Å². The second-order valence-corrected chi connectivity index (χ2v) is 14.0. The van der Waals surface area contributed by atoms with Crippen molar-refractivity contribution in [3.05, 3.63) is 60.3 Å². The Bertz CT molecular complexity index is 1110. The van der Waals surface area contributed by atoms with Crippen LogP contribution >= 0.6 is 0 Å². The van der Waals surface area contributed by atoms with E-state index in [-0.39, 0.29) is 16.7 Å². The molecule has 0 spiro atoms. The molecule has 5 rings (SSSR count). The van der Waals surface area contributed by atoms with Crippen LogP contribution in [0.4, 0.5) is 0 Å². The van der Waals surface area contributed by atoms with E-state index < -0.39 is 5.97 Å². The minimum atomic E-state index is -0.912. The monoisotopic (exact) mass is 607 g/mol. The lowest BCUT2D eigenvalue weighted by Gasteiger charge is -2.67. The summed E-state index contributed by atoms with van der Waals surface area (Å²) in [6, 6.07) is 0. The zero-order valence-electron chi connectivity index (χ0n) is 29.6. The van der Waals surface area contributed by atoms with E-state index in [1.165, 1.54) is 56.6 Å². The molecule has 5 aliphatic rings. The number of carbonyl (C=O) groups is 2. The highest BCUT2D eigenvalue weighted by Gasteiger charge is 2.65. The lowest BCUT2D eigenvalue weighted by Crippen LogP contribution is -2.60. The molecule has 248 valence electrons. The highest BCUT2D eigenvalue weighted by Crippen LogP contribution is 2.71. The Morgan fingerprint density at radius 1 is 0.909 bits per heavy atom. The summed E-state index contributed by atoms with van der Waals surface area (Å²) in [7, 11) is 0. The Morgan fingerprint density at radius 2 is 1.55 bits per heavy atom. The molecule has 0 bridgehead atoms. The van der Waals surface area contributed by atoms with Crippen LogP contribution in [0.5, 0.6) is 0 Å². The highest BCUT2D eigenvalue weighted by atomic mass is 16.4. The SMILES string of the molecule is C=CC.CC.CC.C\C=C/C(=C\C=C\C(=O)O)C1=CCC2(C)C(CCC3(C)C4CCC5(C(N)=O)CCCC5C4CCC23)C1C. The first-order chi connectivity index (χ1) is 21.0. The van der Waals surface area contributed by atoms with Gasteiger partial charge < -0.3 is 10.8 Å². The van der Waals surface area contributed by atoms with E-state index in [9.17, 15) is 9.59 Å². The number of hydrogen-bond donors (Lipinski definition) is 2. The molecule has 0 saturated heterocycles. The number of nitrogens with two attached hydrogens (primary N) is 1. The number of carboxylic acid groups (broad SMARTS) is 1. The first-order valence-corrected chi connectivity index (χ1v) is 17.8. The number of fused-ring (bicyclic) bond motifs is 7. The number of allylic oxidation sites excluding steroid dienone is 8. The zero-order valence-corrected chi connectivity index (χ0v) is 29.6. The van der Waals surface area contributed by atoms with Gasteiger partial charge in [-0.2, -0.15) is 0 Å². The van der Waals surface area contributed by atoms with Gasteiger partial charge in [0.15, 0.2) is 0 Å². The van der Waals surface area contributed by atoms with Crippen molar-refractivity contribution in [2.45, 2.75) is 127 Å². The smallest absolute Gasteiger partial charge is 0.328 e. The zero-order chi connectivity index (χ0) is 33.3. The van der Waals surface area contributed by atoms with Crippen LogP contribution in [0.2, 0.25) is 0 Å². The average molecular weight is 608 g/mol. The lowest BCUT2D eigenvalue weighted by molar-refractivity contribution is -0.175. The minimum absolute atomic E-state index is 0.0154. The molecular weight excluding hydrogens is 542 g/mol. The maximum Gasteiger partial charge on any atom is 0.328 e. The lowest BCUT2D eigenvalue weighted by atomic mass is 9.38. The van der Waals surface area contributed by atoms with Gasteiger partial charge in [0.25, 0.3) is 0 Å². The van der Waals surface area contributed by atoms with Crippen LogP contribution in [-0.4, -0.2) is 17.0 Å². The molecule has 4 heteroatoms. The summed E-state index contributed by atoms with van der Waals surface area (Å²) in [6.45, 7) is 22.9. The van der Waals surface area contributed by atoms with Gasteiger partial charge in [0.1, 0.15) is 0 Å². The molecule has 0 radical (unpaired) electrons. The van der Waals surface area contributed by atoms with E-state index in [0.717, 1.165) is 30.8 Å². The molecule has 3 N–H and O–H groups in total. The van der Waals surface area contributed by atoms with Gasteiger partial charge in [-0.1, -0.05) is 91.3 Å². The molecule has 0 aromatic rings.